The van der Waals surface area contributed by atoms with Crippen molar-refractivity contribution in [2.45, 2.75) is 23.9 Å². The number of nitrogens with zero attached hydrogens (tertiary/aromatic N) is 1. The zero-order valence-corrected chi connectivity index (χ0v) is 18.7. The van der Waals surface area contributed by atoms with Gasteiger partial charge in [-0.3, -0.25) is 4.90 Å². The number of benzene rings is 3. The van der Waals surface area contributed by atoms with E-state index in [1.807, 2.05) is 30.3 Å². The number of sulfonamides is 1. The van der Waals surface area contributed by atoms with Crippen molar-refractivity contribution in [1.29, 1.82) is 0 Å². The molecule has 0 fully saturated rings. The molecule has 1 atom stereocenters. The summed E-state index contributed by atoms with van der Waals surface area (Å²) in [4.78, 5) is 2.69. The lowest BCUT2D eigenvalue weighted by Gasteiger charge is -2.35. The zero-order chi connectivity index (χ0) is 21.3. The van der Waals surface area contributed by atoms with Crippen LogP contribution in [-0.2, 0) is 23.0 Å². The molecule has 4 nitrogen and oxygen atoms in total. The predicted molar refractivity (Wildman–Crippen MR) is 127 cm³/mol. The highest BCUT2D eigenvalue weighted by molar-refractivity contribution is 7.89. The van der Waals surface area contributed by atoms with E-state index in [2.05, 4.69) is 50.7 Å². The van der Waals surface area contributed by atoms with Crippen molar-refractivity contribution >= 4 is 32.1 Å². The summed E-state index contributed by atoms with van der Waals surface area (Å²) in [5.41, 5.74) is 3.87. The van der Waals surface area contributed by atoms with Gasteiger partial charge in [-0.1, -0.05) is 54.6 Å². The average Bonchev–Trinajstić information content (AvgIpc) is 3.33. The van der Waals surface area contributed by atoms with Gasteiger partial charge in [0.25, 0.3) is 0 Å². The Bertz CT molecular complexity index is 1300. The molecule has 0 bridgehead atoms. The zero-order valence-electron chi connectivity index (χ0n) is 17.1. The Morgan fingerprint density at radius 1 is 0.935 bits per heavy atom. The summed E-state index contributed by atoms with van der Waals surface area (Å²) in [7, 11) is -3.61. The molecule has 4 aromatic rings. The molecule has 0 saturated heterocycles. The van der Waals surface area contributed by atoms with Gasteiger partial charge in [0.15, 0.2) is 0 Å². The van der Waals surface area contributed by atoms with Crippen molar-refractivity contribution in [2.75, 3.05) is 13.1 Å². The smallest absolute Gasteiger partial charge is 0.240 e. The van der Waals surface area contributed by atoms with Gasteiger partial charge in [-0.15, -0.1) is 0 Å². The van der Waals surface area contributed by atoms with Crippen molar-refractivity contribution in [2.24, 2.45) is 0 Å². The van der Waals surface area contributed by atoms with Gasteiger partial charge in [-0.25, -0.2) is 13.1 Å². The van der Waals surface area contributed by atoms with Crippen molar-refractivity contribution < 1.29 is 8.42 Å². The Morgan fingerprint density at radius 2 is 1.71 bits per heavy atom. The summed E-state index contributed by atoms with van der Waals surface area (Å²) in [5.74, 6) is 0. The van der Waals surface area contributed by atoms with Crippen LogP contribution in [0.3, 0.4) is 0 Å². The van der Waals surface area contributed by atoms with E-state index in [9.17, 15) is 8.42 Å². The molecular weight excluding hydrogens is 424 g/mol. The number of fused-ring (bicyclic) bond motifs is 2. The topological polar surface area (TPSA) is 49.4 Å². The van der Waals surface area contributed by atoms with Crippen LogP contribution in [0.25, 0.3) is 10.8 Å². The molecule has 1 aliphatic rings. The molecule has 1 aliphatic heterocycles. The van der Waals surface area contributed by atoms with Gasteiger partial charge in [0.1, 0.15) is 0 Å². The van der Waals surface area contributed by atoms with E-state index >= 15 is 0 Å². The molecule has 3 aromatic carbocycles. The first-order valence-electron chi connectivity index (χ1n) is 10.4. The van der Waals surface area contributed by atoms with Crippen LogP contribution in [0, 0.1) is 0 Å². The Morgan fingerprint density at radius 3 is 2.52 bits per heavy atom. The fourth-order valence-corrected chi connectivity index (χ4v) is 6.09. The Hall–Kier alpha value is -2.51. The van der Waals surface area contributed by atoms with Crippen LogP contribution in [0.15, 0.2) is 88.5 Å². The summed E-state index contributed by atoms with van der Waals surface area (Å²) in [6.07, 6.45) is 0.980. The third-order valence-corrected chi connectivity index (χ3v) is 8.15. The van der Waals surface area contributed by atoms with Crippen LogP contribution in [0.5, 0.6) is 0 Å². The van der Waals surface area contributed by atoms with Gasteiger partial charge < -0.3 is 0 Å². The lowest BCUT2D eigenvalue weighted by molar-refractivity contribution is 0.181. The first-order valence-corrected chi connectivity index (χ1v) is 12.8. The van der Waals surface area contributed by atoms with Crippen molar-refractivity contribution in [3.63, 3.8) is 0 Å². The normalized spacial score (nSPS) is 15.6. The van der Waals surface area contributed by atoms with E-state index in [0.717, 1.165) is 35.8 Å². The largest absolute Gasteiger partial charge is 0.290 e. The molecule has 6 heteroatoms. The second-order valence-electron chi connectivity index (χ2n) is 7.92. The lowest BCUT2D eigenvalue weighted by atomic mass is 9.97. The molecule has 5 rings (SSSR count). The second kappa shape index (κ2) is 8.55. The van der Waals surface area contributed by atoms with Gasteiger partial charge in [-0.05, 0) is 62.8 Å². The van der Waals surface area contributed by atoms with E-state index in [-0.39, 0.29) is 6.04 Å². The molecule has 0 amide bonds. The van der Waals surface area contributed by atoms with Crippen LogP contribution in [0.4, 0.5) is 0 Å². The molecule has 1 aromatic heterocycles. The maximum absolute atomic E-state index is 13.1. The van der Waals surface area contributed by atoms with Gasteiger partial charge in [0.2, 0.25) is 10.0 Å². The minimum absolute atomic E-state index is 0.00478. The summed E-state index contributed by atoms with van der Waals surface area (Å²) < 4.78 is 29.1. The monoisotopic (exact) mass is 448 g/mol. The molecule has 2 heterocycles. The van der Waals surface area contributed by atoms with E-state index < -0.39 is 10.0 Å². The third-order valence-electron chi connectivity index (χ3n) is 6.03. The Labute approximate surface area is 187 Å². The van der Waals surface area contributed by atoms with Gasteiger partial charge >= 0.3 is 0 Å². The van der Waals surface area contributed by atoms with Crippen LogP contribution in [0.2, 0.25) is 0 Å². The summed E-state index contributed by atoms with van der Waals surface area (Å²) >= 11 is 1.64. The van der Waals surface area contributed by atoms with E-state index in [1.54, 1.807) is 23.5 Å². The number of rotatable bonds is 6. The van der Waals surface area contributed by atoms with Gasteiger partial charge in [0, 0.05) is 25.7 Å². The maximum Gasteiger partial charge on any atom is 0.240 e. The van der Waals surface area contributed by atoms with Crippen LogP contribution < -0.4 is 4.72 Å². The fraction of sp³-hybridized carbons (Fsp3) is 0.200. The first kappa shape index (κ1) is 20.4. The number of thiophene rings is 1. The second-order valence-corrected chi connectivity index (χ2v) is 10.5. The van der Waals surface area contributed by atoms with Crippen LogP contribution >= 0.6 is 11.3 Å². The third kappa shape index (κ3) is 4.29. The van der Waals surface area contributed by atoms with Crippen molar-refractivity contribution in [1.82, 2.24) is 9.62 Å². The Kier molecular flexibility index (Phi) is 5.63. The molecule has 0 spiro atoms. The molecule has 1 N–H and O–H groups in total. The van der Waals surface area contributed by atoms with Gasteiger partial charge in [-0.2, -0.15) is 11.3 Å². The SMILES string of the molecule is O=S(=O)(NC[C@@H](c1ccsc1)N1CCc2ccccc2C1)c1ccc2ccccc2c1. The number of hydrogen-bond acceptors (Lipinski definition) is 4. The van der Waals surface area contributed by atoms with Crippen LogP contribution in [-0.4, -0.2) is 26.4 Å². The first-order chi connectivity index (χ1) is 15.1. The fourth-order valence-electron chi connectivity index (χ4n) is 4.31. The van der Waals surface area contributed by atoms with Crippen molar-refractivity contribution in [3.8, 4) is 0 Å². The summed E-state index contributed by atoms with van der Waals surface area (Å²) in [5, 5.41) is 6.13. The maximum atomic E-state index is 13.1. The minimum atomic E-state index is -3.61. The lowest BCUT2D eigenvalue weighted by Crippen LogP contribution is -2.40. The molecule has 0 saturated carbocycles. The minimum Gasteiger partial charge on any atom is -0.290 e. The molecule has 0 aliphatic carbocycles. The molecule has 0 radical (unpaired) electrons. The highest BCUT2D eigenvalue weighted by atomic mass is 32.2. The van der Waals surface area contributed by atoms with E-state index in [4.69, 9.17) is 0 Å². The standard InChI is InChI=1S/C25H24N2O2S2/c28-31(29,24-10-9-19-5-1-3-7-21(19)15-24)26-16-25(23-12-14-30-18-23)27-13-11-20-6-2-4-8-22(20)17-27/h1-10,12,14-15,18,25-26H,11,13,16-17H2/t25-/m0/s1. The molecule has 31 heavy (non-hydrogen) atoms. The molecule has 158 valence electrons. The van der Waals surface area contributed by atoms with E-state index in [0.29, 0.717) is 11.4 Å². The number of hydrogen-bond donors (Lipinski definition) is 1. The highest BCUT2D eigenvalue weighted by Crippen LogP contribution is 2.29. The average molecular weight is 449 g/mol. The summed E-state index contributed by atoms with van der Waals surface area (Å²) in [6, 6.07) is 23.7. The van der Waals surface area contributed by atoms with Crippen LogP contribution in [0.1, 0.15) is 22.7 Å². The summed E-state index contributed by atoms with van der Waals surface area (Å²) in [6.45, 7) is 2.08. The van der Waals surface area contributed by atoms with Crippen molar-refractivity contribution in [3.05, 3.63) is 100 Å². The highest BCUT2D eigenvalue weighted by Gasteiger charge is 2.27. The molecular formula is C25H24N2O2S2. The van der Waals surface area contributed by atoms with E-state index in [1.165, 1.54) is 11.1 Å². The molecule has 0 unspecified atom stereocenters. The Balaban J connectivity index is 1.38. The predicted octanol–water partition coefficient (Wildman–Crippen LogP) is 4.98. The van der Waals surface area contributed by atoms with Gasteiger partial charge in [0.05, 0.1) is 4.90 Å². The number of nitrogens with one attached hydrogen (secondary N) is 1. The quantitative estimate of drug-likeness (QED) is 0.453.